The lowest BCUT2D eigenvalue weighted by Gasteiger charge is -2.64. The molecule has 3 fully saturated rings. The third kappa shape index (κ3) is 7.17. The summed E-state index contributed by atoms with van der Waals surface area (Å²) in [4.78, 5) is 29.8. The molecule has 1 spiro atoms. The molecule has 10 nitrogen and oxygen atoms in total. The quantitative estimate of drug-likeness (QED) is 0.0771. The Bertz CT molecular complexity index is 2250. The SMILES string of the molecule is CP(=O)(CC(=O)OC1CC[C@@]2(O)[C@H]3Cc4ccc(OC(=O)Cc5ccccc5Nc5c(Cl)cccc5Cl)c5c4[C@@]2(CCN3CC2CC2)C1O5)OCc1ccccc1. The van der Waals surface area contributed by atoms with E-state index in [2.05, 4.69) is 10.2 Å². The number of esters is 2. The third-order valence-electron chi connectivity index (χ3n) is 12.5. The van der Waals surface area contributed by atoms with Gasteiger partial charge in [0.15, 0.2) is 11.5 Å². The fourth-order valence-corrected chi connectivity index (χ4v) is 11.3. The Kier molecular flexibility index (Phi) is 10.2. The molecule has 3 aliphatic carbocycles. The minimum atomic E-state index is -3.36. The Balaban J connectivity index is 0.986. The van der Waals surface area contributed by atoms with Crippen LogP contribution in [-0.2, 0) is 48.3 Å². The molecule has 4 aromatic rings. The zero-order chi connectivity index (χ0) is 39.5. The number of ether oxygens (including phenoxy) is 3. The molecule has 5 aliphatic rings. The number of rotatable bonds is 13. The van der Waals surface area contributed by atoms with Gasteiger partial charge in [-0.3, -0.25) is 19.1 Å². The normalized spacial score (nSPS) is 26.8. The molecule has 2 N–H and O–H groups in total. The number of carbonyl (C=O) groups excluding carboxylic acids is 2. The van der Waals surface area contributed by atoms with E-state index in [9.17, 15) is 19.3 Å². The van der Waals surface area contributed by atoms with Gasteiger partial charge in [0.1, 0.15) is 18.4 Å². The first kappa shape index (κ1) is 38.6. The lowest BCUT2D eigenvalue weighted by molar-refractivity contribution is -0.215. The smallest absolute Gasteiger partial charge is 0.315 e. The number of benzene rings is 4. The van der Waals surface area contributed by atoms with Crippen LogP contribution >= 0.6 is 30.6 Å². The minimum Gasteiger partial charge on any atom is -0.481 e. The molecular weight excluding hydrogens is 786 g/mol. The van der Waals surface area contributed by atoms with Crippen molar-refractivity contribution in [1.82, 2.24) is 4.90 Å². The predicted octanol–water partition coefficient (Wildman–Crippen LogP) is 8.49. The summed E-state index contributed by atoms with van der Waals surface area (Å²) in [6.07, 6.45) is 2.44. The fraction of sp³-hybridized carbons (Fsp3) is 0.409. The zero-order valence-electron chi connectivity index (χ0n) is 31.6. The van der Waals surface area contributed by atoms with Crippen LogP contribution < -0.4 is 14.8 Å². The van der Waals surface area contributed by atoms with Crippen molar-refractivity contribution in [2.75, 3.05) is 31.2 Å². The minimum absolute atomic E-state index is 0.0673. The summed E-state index contributed by atoms with van der Waals surface area (Å²) < 4.78 is 38.4. The summed E-state index contributed by atoms with van der Waals surface area (Å²) in [6.45, 7) is 3.26. The van der Waals surface area contributed by atoms with E-state index in [0.29, 0.717) is 64.3 Å². The standard InChI is InChI=1S/C44H45Cl2N2O8P/c1-57(52,53-25-28-8-3-2-4-9-28)26-38(50)55-35-18-19-44(51)36-22-30-16-17-34(41-39(30)43(44,42(35)56-41)20-21-48(36)24-27-14-15-27)54-37(49)23-29-10-5-6-13-33(29)47-40-31(45)11-7-12-32(40)46/h2-13,16-17,27,35-36,42,47,51H,14-15,18-26H2,1H3/t35?,36-,42?,43+,44-,57?/m1/s1. The average Bonchev–Trinajstić information content (AvgIpc) is 3.93. The number of piperidine rings is 1. The van der Waals surface area contributed by atoms with Crippen LogP contribution in [0.4, 0.5) is 11.4 Å². The Morgan fingerprint density at radius 1 is 0.947 bits per heavy atom. The number of nitrogens with zero attached hydrogens (tertiary/aromatic N) is 1. The molecule has 6 atom stereocenters. The van der Waals surface area contributed by atoms with Crippen LogP contribution in [0.3, 0.4) is 0 Å². The van der Waals surface area contributed by atoms with Crippen LogP contribution in [0.5, 0.6) is 11.5 Å². The molecule has 1 saturated heterocycles. The van der Waals surface area contributed by atoms with Crippen molar-refractivity contribution in [3.63, 3.8) is 0 Å². The number of carbonyl (C=O) groups is 2. The Morgan fingerprint density at radius 3 is 2.47 bits per heavy atom. The molecule has 2 aliphatic heterocycles. The van der Waals surface area contributed by atoms with Gasteiger partial charge in [0.25, 0.3) is 0 Å². The number of nitrogens with one attached hydrogen (secondary N) is 1. The highest BCUT2D eigenvalue weighted by atomic mass is 35.5. The first-order valence-electron chi connectivity index (χ1n) is 19.7. The molecule has 9 rings (SSSR count). The predicted molar refractivity (Wildman–Crippen MR) is 218 cm³/mol. The Hall–Kier alpha value is -3.89. The van der Waals surface area contributed by atoms with Crippen molar-refractivity contribution in [3.05, 3.63) is 117 Å². The summed E-state index contributed by atoms with van der Waals surface area (Å²) in [5.41, 5.74) is 2.51. The molecule has 3 unspecified atom stereocenters. The van der Waals surface area contributed by atoms with E-state index in [-0.39, 0.29) is 24.8 Å². The van der Waals surface area contributed by atoms with Gasteiger partial charge in [-0.25, -0.2) is 0 Å². The zero-order valence-corrected chi connectivity index (χ0v) is 34.0. The number of halogens is 2. The molecular formula is C44H45Cl2N2O8P. The van der Waals surface area contributed by atoms with E-state index in [0.717, 1.165) is 29.8 Å². The summed E-state index contributed by atoms with van der Waals surface area (Å²) >= 11 is 12.9. The van der Waals surface area contributed by atoms with Crippen LogP contribution in [0.1, 0.15) is 54.4 Å². The van der Waals surface area contributed by atoms with Gasteiger partial charge in [0.05, 0.1) is 39.8 Å². The highest BCUT2D eigenvalue weighted by Gasteiger charge is 2.73. The number of anilines is 2. The molecule has 0 aromatic heterocycles. The maximum absolute atomic E-state index is 13.8. The van der Waals surface area contributed by atoms with Crippen molar-refractivity contribution in [2.45, 2.75) is 80.8 Å². The summed E-state index contributed by atoms with van der Waals surface area (Å²) in [6, 6.07) is 25.6. The number of hydrogen-bond acceptors (Lipinski definition) is 10. The average molecular weight is 832 g/mol. The highest BCUT2D eigenvalue weighted by molar-refractivity contribution is 7.59. The van der Waals surface area contributed by atoms with Crippen LogP contribution in [-0.4, -0.2) is 71.7 Å². The summed E-state index contributed by atoms with van der Waals surface area (Å²) in [5.74, 6) is 0.145. The maximum atomic E-state index is 13.8. The van der Waals surface area contributed by atoms with E-state index in [1.54, 1.807) is 24.3 Å². The van der Waals surface area contributed by atoms with Crippen LogP contribution in [0, 0.1) is 5.92 Å². The lowest BCUT2D eigenvalue weighted by Crippen LogP contribution is -2.77. The Morgan fingerprint density at radius 2 is 1.70 bits per heavy atom. The van der Waals surface area contributed by atoms with Gasteiger partial charge in [-0.1, -0.05) is 83.9 Å². The second-order valence-electron chi connectivity index (χ2n) is 16.3. The monoisotopic (exact) mass is 830 g/mol. The molecule has 4 aromatic carbocycles. The number of aliphatic hydroxyl groups is 1. The van der Waals surface area contributed by atoms with Crippen molar-refractivity contribution < 1.29 is 38.0 Å². The largest absolute Gasteiger partial charge is 0.481 e. The summed E-state index contributed by atoms with van der Waals surface area (Å²) in [7, 11) is -3.36. The molecule has 2 bridgehead atoms. The molecule has 13 heteroatoms. The number of para-hydroxylation sites is 2. The van der Waals surface area contributed by atoms with Crippen molar-refractivity contribution in [1.29, 1.82) is 0 Å². The first-order chi connectivity index (χ1) is 27.4. The molecule has 298 valence electrons. The number of likely N-dealkylation sites (tertiary alicyclic amines) is 1. The second kappa shape index (κ2) is 15.0. The highest BCUT2D eigenvalue weighted by Crippen LogP contribution is 2.66. The molecule has 2 saturated carbocycles. The molecule has 0 radical (unpaired) electrons. The van der Waals surface area contributed by atoms with Gasteiger partial charge >= 0.3 is 11.9 Å². The lowest BCUT2D eigenvalue weighted by atomic mass is 9.48. The van der Waals surface area contributed by atoms with Gasteiger partial charge in [-0.05, 0) is 91.9 Å². The van der Waals surface area contributed by atoms with Crippen LogP contribution in [0.15, 0.2) is 84.9 Å². The Labute approximate surface area is 342 Å². The molecule has 57 heavy (non-hydrogen) atoms. The van der Waals surface area contributed by atoms with Crippen molar-refractivity contribution in [2.24, 2.45) is 5.92 Å². The van der Waals surface area contributed by atoms with Gasteiger partial charge < -0.3 is 29.2 Å². The van der Waals surface area contributed by atoms with Crippen molar-refractivity contribution >= 4 is 53.9 Å². The maximum Gasteiger partial charge on any atom is 0.315 e. The summed E-state index contributed by atoms with van der Waals surface area (Å²) in [5, 5.41) is 17.2. The van der Waals surface area contributed by atoms with Gasteiger partial charge in [0, 0.05) is 30.5 Å². The number of hydrogen-bond donors (Lipinski definition) is 2. The van der Waals surface area contributed by atoms with Gasteiger partial charge in [-0.15, -0.1) is 0 Å². The second-order valence-corrected chi connectivity index (χ2v) is 19.7. The van der Waals surface area contributed by atoms with Crippen LogP contribution in [0.25, 0.3) is 0 Å². The van der Waals surface area contributed by atoms with Crippen LogP contribution in [0.2, 0.25) is 10.0 Å². The van der Waals surface area contributed by atoms with E-state index < -0.39 is 48.7 Å². The molecule has 0 amide bonds. The van der Waals surface area contributed by atoms with Gasteiger partial charge in [-0.2, -0.15) is 0 Å². The fourth-order valence-electron chi connectivity index (χ4n) is 9.76. The third-order valence-corrected chi connectivity index (χ3v) is 14.7. The van der Waals surface area contributed by atoms with Crippen molar-refractivity contribution in [3.8, 4) is 11.5 Å². The van der Waals surface area contributed by atoms with E-state index in [1.807, 2.05) is 60.7 Å². The molecule has 2 heterocycles. The topological polar surface area (TPSA) is 124 Å². The first-order valence-corrected chi connectivity index (χ1v) is 22.7. The van der Waals surface area contributed by atoms with E-state index >= 15 is 0 Å². The van der Waals surface area contributed by atoms with E-state index in [4.69, 9.17) is 41.9 Å². The van der Waals surface area contributed by atoms with Gasteiger partial charge in [0.2, 0.25) is 7.37 Å². The van der Waals surface area contributed by atoms with E-state index in [1.165, 1.54) is 19.5 Å².